The molecule has 0 fully saturated rings. The number of amides is 1. The number of carbonyl (C=O) groups is 2. The van der Waals surface area contributed by atoms with Crippen LogP contribution >= 0.6 is 11.6 Å². The van der Waals surface area contributed by atoms with E-state index in [0.717, 1.165) is 11.1 Å². The fourth-order valence-electron chi connectivity index (χ4n) is 2.36. The largest absolute Gasteiger partial charge is 0.478 e. The zero-order chi connectivity index (χ0) is 17.8. The predicted octanol–water partition coefficient (Wildman–Crippen LogP) is 4.35. The van der Waals surface area contributed by atoms with Crippen LogP contribution in [0.25, 0.3) is 11.1 Å². The predicted molar refractivity (Wildman–Crippen MR) is 96.0 cm³/mol. The number of halogens is 1. The summed E-state index contributed by atoms with van der Waals surface area (Å²) in [6, 6.07) is 17.2. The van der Waals surface area contributed by atoms with Gasteiger partial charge in [-0.2, -0.15) is 0 Å². The Bertz CT molecular complexity index is 942. The fraction of sp³-hybridized carbons (Fsp3) is 0. The molecule has 0 atom stereocenters. The summed E-state index contributed by atoms with van der Waals surface area (Å²) in [5, 5.41) is 12.3. The van der Waals surface area contributed by atoms with Crippen molar-refractivity contribution in [1.82, 2.24) is 4.98 Å². The van der Waals surface area contributed by atoms with E-state index in [9.17, 15) is 14.7 Å². The molecular formula is C19H13ClN2O3. The van der Waals surface area contributed by atoms with Gasteiger partial charge in [-0.25, -0.2) is 4.79 Å². The Morgan fingerprint density at radius 1 is 0.960 bits per heavy atom. The van der Waals surface area contributed by atoms with Crippen molar-refractivity contribution >= 4 is 29.2 Å². The number of carboxylic acids is 1. The molecule has 0 bridgehead atoms. The first-order chi connectivity index (χ1) is 12.0. The number of anilines is 1. The van der Waals surface area contributed by atoms with Gasteiger partial charge in [-0.05, 0) is 35.4 Å². The number of aromatic nitrogens is 1. The van der Waals surface area contributed by atoms with E-state index in [-0.39, 0.29) is 16.9 Å². The fourth-order valence-corrected chi connectivity index (χ4v) is 2.52. The highest BCUT2D eigenvalue weighted by Crippen LogP contribution is 2.26. The maximum Gasteiger partial charge on any atom is 0.337 e. The standard InChI is InChI=1S/C19H13ClN2O3/c20-14-8-9-21-17(11-14)18(23)22-16-10-13(6-7-15(16)19(24)25)12-4-2-1-3-5-12/h1-11H,(H,22,23)(H,24,25). The minimum atomic E-state index is -1.13. The molecule has 3 rings (SSSR count). The number of aromatic carboxylic acids is 1. The zero-order valence-electron chi connectivity index (χ0n) is 12.9. The molecule has 25 heavy (non-hydrogen) atoms. The topological polar surface area (TPSA) is 79.3 Å². The van der Waals surface area contributed by atoms with Crippen molar-refractivity contribution in [1.29, 1.82) is 0 Å². The second-order valence-electron chi connectivity index (χ2n) is 5.24. The van der Waals surface area contributed by atoms with Gasteiger partial charge in [0, 0.05) is 11.2 Å². The summed E-state index contributed by atoms with van der Waals surface area (Å²) in [5.74, 6) is -1.66. The second kappa shape index (κ2) is 7.15. The van der Waals surface area contributed by atoms with Gasteiger partial charge in [-0.15, -0.1) is 0 Å². The highest BCUT2D eigenvalue weighted by atomic mass is 35.5. The second-order valence-corrected chi connectivity index (χ2v) is 5.68. The molecule has 0 radical (unpaired) electrons. The van der Waals surface area contributed by atoms with Crippen LogP contribution in [0.15, 0.2) is 66.9 Å². The average Bonchev–Trinajstić information content (AvgIpc) is 2.62. The van der Waals surface area contributed by atoms with E-state index in [4.69, 9.17) is 11.6 Å². The number of benzene rings is 2. The molecule has 0 aliphatic rings. The van der Waals surface area contributed by atoms with Crippen LogP contribution in [0.4, 0.5) is 5.69 Å². The number of nitrogens with zero attached hydrogens (tertiary/aromatic N) is 1. The van der Waals surface area contributed by atoms with E-state index in [1.807, 2.05) is 30.3 Å². The van der Waals surface area contributed by atoms with Gasteiger partial charge in [0.2, 0.25) is 0 Å². The van der Waals surface area contributed by atoms with Gasteiger partial charge in [-0.3, -0.25) is 9.78 Å². The summed E-state index contributed by atoms with van der Waals surface area (Å²) in [7, 11) is 0. The van der Waals surface area contributed by atoms with Crippen LogP contribution in [-0.4, -0.2) is 22.0 Å². The smallest absolute Gasteiger partial charge is 0.337 e. The first kappa shape index (κ1) is 16.7. The monoisotopic (exact) mass is 352 g/mol. The number of pyridine rings is 1. The minimum Gasteiger partial charge on any atom is -0.478 e. The van der Waals surface area contributed by atoms with Gasteiger partial charge < -0.3 is 10.4 Å². The lowest BCUT2D eigenvalue weighted by Crippen LogP contribution is -2.16. The van der Waals surface area contributed by atoms with Crippen LogP contribution < -0.4 is 5.32 Å². The Morgan fingerprint density at radius 3 is 2.40 bits per heavy atom. The Hall–Kier alpha value is -3.18. The summed E-state index contributed by atoms with van der Waals surface area (Å²) in [5.41, 5.74) is 2.00. The number of carbonyl (C=O) groups excluding carboxylic acids is 1. The third kappa shape index (κ3) is 3.84. The Kier molecular flexibility index (Phi) is 4.77. The van der Waals surface area contributed by atoms with Gasteiger partial charge in [0.25, 0.3) is 5.91 Å². The third-order valence-electron chi connectivity index (χ3n) is 3.56. The molecule has 1 heterocycles. The van der Waals surface area contributed by atoms with E-state index < -0.39 is 11.9 Å². The molecule has 0 saturated heterocycles. The minimum absolute atomic E-state index is 0.00457. The molecule has 0 aliphatic carbocycles. The molecule has 0 aliphatic heterocycles. The average molecular weight is 353 g/mol. The van der Waals surface area contributed by atoms with Crippen LogP contribution in [0.5, 0.6) is 0 Å². The number of hydrogen-bond acceptors (Lipinski definition) is 3. The molecule has 124 valence electrons. The number of carboxylic acid groups (broad SMARTS) is 1. The van der Waals surface area contributed by atoms with Gasteiger partial charge in [0.15, 0.2) is 0 Å². The Balaban J connectivity index is 1.98. The molecule has 6 heteroatoms. The molecular weight excluding hydrogens is 340 g/mol. The van der Waals surface area contributed by atoms with Gasteiger partial charge in [0.05, 0.1) is 11.3 Å². The zero-order valence-corrected chi connectivity index (χ0v) is 13.7. The van der Waals surface area contributed by atoms with E-state index in [2.05, 4.69) is 10.3 Å². The molecule has 0 unspecified atom stereocenters. The van der Waals surface area contributed by atoms with Crippen molar-refractivity contribution in [3.63, 3.8) is 0 Å². The van der Waals surface area contributed by atoms with Gasteiger partial charge in [0.1, 0.15) is 5.69 Å². The molecule has 2 aromatic carbocycles. The van der Waals surface area contributed by atoms with E-state index in [1.54, 1.807) is 18.2 Å². The lowest BCUT2D eigenvalue weighted by Gasteiger charge is -2.11. The van der Waals surface area contributed by atoms with Gasteiger partial charge >= 0.3 is 5.97 Å². The lowest BCUT2D eigenvalue weighted by atomic mass is 10.0. The molecule has 2 N–H and O–H groups in total. The van der Waals surface area contributed by atoms with Crippen LogP contribution in [0, 0.1) is 0 Å². The summed E-state index contributed by atoms with van der Waals surface area (Å²) < 4.78 is 0. The highest BCUT2D eigenvalue weighted by molar-refractivity contribution is 6.31. The number of hydrogen-bond donors (Lipinski definition) is 2. The maximum absolute atomic E-state index is 12.4. The molecule has 0 spiro atoms. The number of rotatable bonds is 4. The van der Waals surface area contributed by atoms with Crippen molar-refractivity contribution < 1.29 is 14.7 Å². The number of nitrogens with one attached hydrogen (secondary N) is 1. The van der Waals surface area contributed by atoms with Crippen LogP contribution in [0.1, 0.15) is 20.8 Å². The molecule has 5 nitrogen and oxygen atoms in total. The maximum atomic E-state index is 12.4. The Morgan fingerprint density at radius 2 is 1.72 bits per heavy atom. The summed E-state index contributed by atoms with van der Waals surface area (Å²) in [6.07, 6.45) is 1.41. The first-order valence-electron chi connectivity index (χ1n) is 7.40. The summed E-state index contributed by atoms with van der Waals surface area (Å²) in [4.78, 5) is 27.8. The van der Waals surface area contributed by atoms with Crippen LogP contribution in [0.3, 0.4) is 0 Å². The van der Waals surface area contributed by atoms with Crippen LogP contribution in [0.2, 0.25) is 5.02 Å². The Labute approximate surface area is 148 Å². The van der Waals surface area contributed by atoms with Crippen molar-refractivity contribution in [3.8, 4) is 11.1 Å². The lowest BCUT2D eigenvalue weighted by molar-refractivity contribution is 0.0698. The first-order valence-corrected chi connectivity index (χ1v) is 7.78. The van der Waals surface area contributed by atoms with E-state index in [1.165, 1.54) is 18.3 Å². The molecule has 0 saturated carbocycles. The normalized spacial score (nSPS) is 10.3. The molecule has 3 aromatic rings. The molecule has 1 aromatic heterocycles. The van der Waals surface area contributed by atoms with E-state index >= 15 is 0 Å². The van der Waals surface area contributed by atoms with Crippen LogP contribution in [-0.2, 0) is 0 Å². The quantitative estimate of drug-likeness (QED) is 0.731. The van der Waals surface area contributed by atoms with Crippen molar-refractivity contribution in [2.45, 2.75) is 0 Å². The summed E-state index contributed by atoms with van der Waals surface area (Å²) >= 11 is 5.86. The highest BCUT2D eigenvalue weighted by Gasteiger charge is 2.15. The van der Waals surface area contributed by atoms with Crippen molar-refractivity contribution in [2.24, 2.45) is 0 Å². The van der Waals surface area contributed by atoms with Gasteiger partial charge in [-0.1, -0.05) is 48.0 Å². The van der Waals surface area contributed by atoms with Crippen molar-refractivity contribution in [3.05, 3.63) is 83.1 Å². The van der Waals surface area contributed by atoms with Crippen molar-refractivity contribution in [2.75, 3.05) is 5.32 Å². The summed E-state index contributed by atoms with van der Waals surface area (Å²) in [6.45, 7) is 0. The van der Waals surface area contributed by atoms with E-state index in [0.29, 0.717) is 5.02 Å². The SMILES string of the molecule is O=C(Nc1cc(-c2ccccc2)ccc1C(=O)O)c1cc(Cl)ccn1. The molecule has 1 amide bonds. The third-order valence-corrected chi connectivity index (χ3v) is 3.80.